The molecule has 0 spiro atoms. The highest BCUT2D eigenvalue weighted by Crippen LogP contribution is 2.24. The number of hydrogen-bond donors (Lipinski definition) is 2. The smallest absolute Gasteiger partial charge is 0.360 e. The number of H-pyrrole nitrogens is 1. The van der Waals surface area contributed by atoms with Crippen LogP contribution in [-0.4, -0.2) is 22.1 Å². The van der Waals surface area contributed by atoms with Gasteiger partial charge in [-0.15, -0.1) is 0 Å². The van der Waals surface area contributed by atoms with E-state index in [9.17, 15) is 14.4 Å². The average molecular weight is 427 g/mol. The predicted octanol–water partition coefficient (Wildman–Crippen LogP) is 4.08. The molecule has 4 aromatic rings. The van der Waals surface area contributed by atoms with E-state index in [-0.39, 0.29) is 5.69 Å². The molecule has 7 heteroatoms. The number of hydrogen-bond acceptors (Lipinski definition) is 5. The Bertz CT molecular complexity index is 1340. The molecule has 160 valence electrons. The van der Waals surface area contributed by atoms with Crippen molar-refractivity contribution in [3.63, 3.8) is 0 Å². The van der Waals surface area contributed by atoms with E-state index in [4.69, 9.17) is 4.74 Å². The predicted molar refractivity (Wildman–Crippen MR) is 122 cm³/mol. The van der Waals surface area contributed by atoms with Crippen molar-refractivity contribution in [1.29, 1.82) is 0 Å². The lowest BCUT2D eigenvalue weighted by molar-refractivity contribution is -0.125. The van der Waals surface area contributed by atoms with Gasteiger partial charge in [0.05, 0.1) is 5.39 Å². The van der Waals surface area contributed by atoms with Crippen LogP contribution in [0.5, 0.6) is 0 Å². The normalized spacial score (nSPS) is 11.7. The van der Waals surface area contributed by atoms with Gasteiger partial charge in [0.2, 0.25) is 6.10 Å². The maximum atomic E-state index is 13.2. The second-order valence-electron chi connectivity index (χ2n) is 7.51. The Hall–Kier alpha value is -4.26. The van der Waals surface area contributed by atoms with Crippen LogP contribution in [0.25, 0.3) is 10.8 Å². The first kappa shape index (κ1) is 21.0. The van der Waals surface area contributed by atoms with Crippen LogP contribution >= 0.6 is 0 Å². The Morgan fingerprint density at radius 3 is 2.22 bits per heavy atom. The number of ether oxygens (including phenoxy) is 1. The molecule has 1 heterocycles. The number of carbonyl (C=O) groups is 2. The van der Waals surface area contributed by atoms with Crippen molar-refractivity contribution in [1.82, 2.24) is 10.2 Å². The van der Waals surface area contributed by atoms with Crippen molar-refractivity contribution in [2.24, 2.45) is 0 Å². The third-order valence-electron chi connectivity index (χ3n) is 4.94. The number of anilines is 1. The number of benzene rings is 3. The maximum absolute atomic E-state index is 13.2. The molecule has 7 nitrogen and oxygen atoms in total. The third-order valence-corrected chi connectivity index (χ3v) is 4.94. The summed E-state index contributed by atoms with van der Waals surface area (Å²) in [6.45, 7) is 3.87. The van der Waals surface area contributed by atoms with Crippen molar-refractivity contribution < 1.29 is 14.3 Å². The van der Waals surface area contributed by atoms with Gasteiger partial charge in [-0.25, -0.2) is 9.89 Å². The Morgan fingerprint density at radius 2 is 1.53 bits per heavy atom. The van der Waals surface area contributed by atoms with E-state index in [0.717, 1.165) is 11.1 Å². The zero-order valence-electron chi connectivity index (χ0n) is 17.6. The Kier molecular flexibility index (Phi) is 5.81. The zero-order valence-corrected chi connectivity index (χ0v) is 17.6. The first-order valence-corrected chi connectivity index (χ1v) is 10.0. The first-order valence-electron chi connectivity index (χ1n) is 10.0. The van der Waals surface area contributed by atoms with Gasteiger partial charge in [-0.05, 0) is 43.2 Å². The molecule has 0 bridgehead atoms. The number of amides is 1. The number of rotatable bonds is 5. The molecule has 0 fully saturated rings. The SMILES string of the molecule is Cc1cc(C)cc(NC(=O)[C@@H](OC(=O)c2n[nH]c(=O)c3ccccc23)c2ccccc2)c1. The summed E-state index contributed by atoms with van der Waals surface area (Å²) in [5, 5.41) is 9.68. The van der Waals surface area contributed by atoms with Crippen LogP contribution in [0.4, 0.5) is 5.69 Å². The molecule has 3 aromatic carbocycles. The second-order valence-corrected chi connectivity index (χ2v) is 7.51. The van der Waals surface area contributed by atoms with E-state index in [0.29, 0.717) is 22.0 Å². The summed E-state index contributed by atoms with van der Waals surface area (Å²) in [5.74, 6) is -1.31. The fourth-order valence-corrected chi connectivity index (χ4v) is 3.59. The largest absolute Gasteiger partial charge is 0.442 e. The highest BCUT2D eigenvalue weighted by Gasteiger charge is 2.27. The third kappa shape index (κ3) is 4.41. The standard InChI is InChI=1S/C25H21N3O4/c1-15-12-16(2)14-18(13-15)26-24(30)22(17-8-4-3-5-9-17)32-25(31)21-19-10-6-7-11-20(19)23(29)28-27-21/h3-14,22H,1-2H3,(H,26,30)(H,28,29)/t22-/m0/s1. The van der Waals surface area contributed by atoms with Crippen LogP contribution in [0.1, 0.15) is 33.3 Å². The number of nitrogens with zero attached hydrogens (tertiary/aromatic N) is 1. The number of aromatic amines is 1. The highest BCUT2D eigenvalue weighted by atomic mass is 16.5. The van der Waals surface area contributed by atoms with E-state index in [1.54, 1.807) is 54.6 Å². The topological polar surface area (TPSA) is 101 Å². The van der Waals surface area contributed by atoms with Crippen LogP contribution in [0.3, 0.4) is 0 Å². The number of nitrogens with one attached hydrogen (secondary N) is 2. The Labute approximate surface area is 184 Å². The molecule has 0 saturated carbocycles. The monoisotopic (exact) mass is 427 g/mol. The van der Waals surface area contributed by atoms with Gasteiger partial charge in [-0.1, -0.05) is 54.6 Å². The molecule has 0 aliphatic rings. The number of fused-ring (bicyclic) bond motifs is 1. The first-order chi connectivity index (χ1) is 15.4. The van der Waals surface area contributed by atoms with Crippen molar-refractivity contribution in [2.45, 2.75) is 20.0 Å². The van der Waals surface area contributed by atoms with E-state index < -0.39 is 23.5 Å². The number of aryl methyl sites for hydroxylation is 2. The lowest BCUT2D eigenvalue weighted by Gasteiger charge is -2.18. The van der Waals surface area contributed by atoms with Gasteiger partial charge in [0.15, 0.2) is 5.69 Å². The van der Waals surface area contributed by atoms with Gasteiger partial charge in [0.1, 0.15) is 0 Å². The van der Waals surface area contributed by atoms with Gasteiger partial charge in [-0.2, -0.15) is 5.10 Å². The minimum absolute atomic E-state index is 0.0691. The van der Waals surface area contributed by atoms with E-state index in [1.165, 1.54) is 0 Å². The Balaban J connectivity index is 1.67. The molecule has 0 aliphatic heterocycles. The summed E-state index contributed by atoms with van der Waals surface area (Å²) in [6.07, 6.45) is -1.21. The minimum Gasteiger partial charge on any atom is -0.442 e. The van der Waals surface area contributed by atoms with Crippen LogP contribution in [0.2, 0.25) is 0 Å². The highest BCUT2D eigenvalue weighted by molar-refractivity contribution is 6.04. The molecular weight excluding hydrogens is 406 g/mol. The van der Waals surface area contributed by atoms with Gasteiger partial charge in [0, 0.05) is 16.6 Å². The summed E-state index contributed by atoms with van der Waals surface area (Å²) < 4.78 is 5.63. The Morgan fingerprint density at radius 1 is 0.906 bits per heavy atom. The van der Waals surface area contributed by atoms with Crippen molar-refractivity contribution in [2.75, 3.05) is 5.32 Å². The quantitative estimate of drug-likeness (QED) is 0.468. The molecule has 0 saturated heterocycles. The van der Waals surface area contributed by atoms with E-state index >= 15 is 0 Å². The molecule has 0 aliphatic carbocycles. The maximum Gasteiger partial charge on any atom is 0.360 e. The molecule has 4 rings (SSSR count). The van der Waals surface area contributed by atoms with Gasteiger partial charge in [0.25, 0.3) is 11.5 Å². The summed E-state index contributed by atoms with van der Waals surface area (Å²) in [6, 6.07) is 21.0. The van der Waals surface area contributed by atoms with Crippen molar-refractivity contribution >= 4 is 28.3 Å². The molecular formula is C25H21N3O4. The molecule has 0 unspecified atom stereocenters. The lowest BCUT2D eigenvalue weighted by Crippen LogP contribution is -2.27. The minimum atomic E-state index is -1.21. The molecule has 1 atom stereocenters. The van der Waals surface area contributed by atoms with E-state index in [1.807, 2.05) is 32.0 Å². The molecule has 2 N–H and O–H groups in total. The van der Waals surface area contributed by atoms with Crippen LogP contribution in [0.15, 0.2) is 77.6 Å². The van der Waals surface area contributed by atoms with Crippen LogP contribution < -0.4 is 10.9 Å². The van der Waals surface area contributed by atoms with Gasteiger partial charge < -0.3 is 10.1 Å². The number of aromatic nitrogens is 2. The fraction of sp³-hybridized carbons (Fsp3) is 0.120. The molecule has 1 aromatic heterocycles. The van der Waals surface area contributed by atoms with E-state index in [2.05, 4.69) is 15.5 Å². The van der Waals surface area contributed by atoms with Gasteiger partial charge in [-0.3, -0.25) is 9.59 Å². The summed E-state index contributed by atoms with van der Waals surface area (Å²) in [4.78, 5) is 38.2. The van der Waals surface area contributed by atoms with Crippen LogP contribution in [-0.2, 0) is 9.53 Å². The second kappa shape index (κ2) is 8.85. The van der Waals surface area contributed by atoms with Gasteiger partial charge >= 0.3 is 5.97 Å². The zero-order chi connectivity index (χ0) is 22.7. The molecule has 1 amide bonds. The summed E-state index contributed by atoms with van der Waals surface area (Å²) in [5.41, 5.74) is 2.63. The molecule has 32 heavy (non-hydrogen) atoms. The lowest BCUT2D eigenvalue weighted by atomic mass is 10.1. The molecule has 0 radical (unpaired) electrons. The number of esters is 1. The number of carbonyl (C=O) groups excluding carboxylic acids is 2. The fourth-order valence-electron chi connectivity index (χ4n) is 3.59. The summed E-state index contributed by atoms with van der Waals surface area (Å²) in [7, 11) is 0. The van der Waals surface area contributed by atoms with Crippen molar-refractivity contribution in [3.8, 4) is 0 Å². The van der Waals surface area contributed by atoms with Crippen LogP contribution in [0, 0.1) is 13.8 Å². The average Bonchev–Trinajstić information content (AvgIpc) is 2.77. The van der Waals surface area contributed by atoms with Crippen molar-refractivity contribution in [3.05, 3.63) is 106 Å². The summed E-state index contributed by atoms with van der Waals surface area (Å²) >= 11 is 0.